The summed E-state index contributed by atoms with van der Waals surface area (Å²) in [5.74, 6) is -0.205. The van der Waals surface area contributed by atoms with Crippen LogP contribution in [0, 0.1) is 5.41 Å². The lowest BCUT2D eigenvalue weighted by Crippen LogP contribution is -2.49. The zero-order chi connectivity index (χ0) is 22.6. The van der Waals surface area contributed by atoms with Crippen molar-refractivity contribution >= 4 is 32.0 Å². The number of para-hydroxylation sites is 1. The van der Waals surface area contributed by atoms with Gasteiger partial charge in [-0.2, -0.15) is 8.42 Å². The molecule has 1 amide bonds. The van der Waals surface area contributed by atoms with Gasteiger partial charge in [-0.1, -0.05) is 18.2 Å². The van der Waals surface area contributed by atoms with E-state index < -0.39 is 21.6 Å². The van der Waals surface area contributed by atoms with Gasteiger partial charge in [0.15, 0.2) is 0 Å². The topological polar surface area (TPSA) is 115 Å². The molecule has 1 saturated heterocycles. The average molecular weight is 455 g/mol. The Labute approximate surface area is 186 Å². The number of nitrogens with one attached hydrogen (secondary N) is 1. The van der Waals surface area contributed by atoms with Crippen molar-refractivity contribution in [1.82, 2.24) is 10.5 Å². The number of nitrogens with zero attached hydrogens (tertiary/aromatic N) is 1. The normalized spacial score (nSPS) is 15.2. The van der Waals surface area contributed by atoms with Crippen molar-refractivity contribution in [3.05, 3.63) is 71.9 Å². The molecule has 1 aromatic heterocycles. The van der Waals surface area contributed by atoms with Gasteiger partial charge < -0.3 is 9.47 Å². The van der Waals surface area contributed by atoms with Crippen LogP contribution in [0.3, 0.4) is 0 Å². The monoisotopic (exact) mass is 454 g/mol. The second kappa shape index (κ2) is 9.47. The van der Waals surface area contributed by atoms with Crippen molar-refractivity contribution in [1.29, 1.82) is 0 Å². The summed E-state index contributed by atoms with van der Waals surface area (Å²) in [5.41, 5.74) is 2.46. The molecule has 0 unspecified atom stereocenters. The zero-order valence-electron chi connectivity index (χ0n) is 17.2. The van der Waals surface area contributed by atoms with Crippen LogP contribution in [0.5, 0.6) is 5.75 Å². The van der Waals surface area contributed by atoms with Crippen molar-refractivity contribution in [2.75, 3.05) is 13.2 Å². The second-order valence-corrected chi connectivity index (χ2v) is 8.38. The van der Waals surface area contributed by atoms with Crippen LogP contribution in [0.4, 0.5) is 0 Å². The first-order chi connectivity index (χ1) is 15.5. The first kappa shape index (κ1) is 21.9. The predicted octanol–water partition coefficient (Wildman–Crippen LogP) is 2.52. The molecule has 2 heterocycles. The van der Waals surface area contributed by atoms with Crippen LogP contribution in [0.2, 0.25) is 0 Å². The van der Waals surface area contributed by atoms with Gasteiger partial charge in [-0.3, -0.25) is 15.0 Å². The van der Waals surface area contributed by atoms with Gasteiger partial charge >= 0.3 is 0 Å². The molecule has 1 aliphatic heterocycles. The molecule has 0 spiro atoms. The lowest BCUT2D eigenvalue weighted by atomic mass is 9.74. The summed E-state index contributed by atoms with van der Waals surface area (Å²) in [6.45, 7) is 0.755. The summed E-state index contributed by atoms with van der Waals surface area (Å²) in [6.07, 6.45) is 2.03. The summed E-state index contributed by atoms with van der Waals surface area (Å²) < 4.78 is 35.5. The third-order valence-electron chi connectivity index (χ3n) is 5.73. The fraction of sp³-hybridized carbons (Fsp3) is 0.261. The maximum absolute atomic E-state index is 12.5. The Balaban J connectivity index is 1.59. The minimum Gasteiger partial charge on any atom is -0.489 e. The molecule has 0 atom stereocenters. The summed E-state index contributed by atoms with van der Waals surface area (Å²) >= 11 is 0. The van der Waals surface area contributed by atoms with Crippen molar-refractivity contribution in [3.8, 4) is 5.75 Å². The van der Waals surface area contributed by atoms with E-state index in [1.165, 1.54) is 0 Å². The lowest BCUT2D eigenvalue weighted by molar-refractivity contribution is -0.139. The van der Waals surface area contributed by atoms with E-state index in [1.54, 1.807) is 35.9 Å². The van der Waals surface area contributed by atoms with Crippen molar-refractivity contribution in [3.63, 3.8) is 0 Å². The molecule has 3 aromatic rings. The number of rotatable bonds is 6. The van der Waals surface area contributed by atoms with Crippen molar-refractivity contribution < 1.29 is 27.9 Å². The Morgan fingerprint density at radius 1 is 1.09 bits per heavy atom. The highest BCUT2D eigenvalue weighted by Crippen LogP contribution is 2.35. The SMILES string of the molecule is O=C(NO)C1(C(c2ccc(OCc3ccnc4ccccc34)cc2)=S(=O)=O)CCOCC1. The van der Waals surface area contributed by atoms with E-state index in [0.29, 0.717) is 17.9 Å². The third-order valence-corrected chi connectivity index (χ3v) is 6.69. The maximum atomic E-state index is 12.5. The summed E-state index contributed by atoms with van der Waals surface area (Å²) in [6, 6.07) is 16.2. The fourth-order valence-electron chi connectivity index (χ4n) is 4.06. The van der Waals surface area contributed by atoms with Gasteiger partial charge in [-0.25, -0.2) is 5.48 Å². The smallest absolute Gasteiger partial charge is 0.255 e. The molecule has 0 radical (unpaired) electrons. The Kier molecular flexibility index (Phi) is 6.50. The first-order valence-electron chi connectivity index (χ1n) is 10.1. The Hall–Kier alpha value is -3.27. The van der Waals surface area contributed by atoms with Crippen LogP contribution in [0.25, 0.3) is 10.9 Å². The Bertz CT molecular complexity index is 1250. The third kappa shape index (κ3) is 4.22. The highest BCUT2D eigenvalue weighted by Gasteiger charge is 2.46. The molecule has 2 aromatic carbocycles. The number of aromatic nitrogens is 1. The largest absolute Gasteiger partial charge is 0.489 e. The molecule has 32 heavy (non-hydrogen) atoms. The number of ether oxygens (including phenoxy) is 2. The number of fused-ring (bicyclic) bond motifs is 1. The van der Waals surface area contributed by atoms with Gasteiger partial charge in [0.2, 0.25) is 10.3 Å². The molecule has 8 nitrogen and oxygen atoms in total. The number of carbonyl (C=O) groups excluding carboxylic acids is 1. The van der Waals surface area contributed by atoms with Crippen molar-refractivity contribution in [2.45, 2.75) is 19.4 Å². The van der Waals surface area contributed by atoms with E-state index >= 15 is 0 Å². The number of hydroxylamine groups is 1. The van der Waals surface area contributed by atoms with E-state index in [2.05, 4.69) is 4.98 Å². The van der Waals surface area contributed by atoms with Gasteiger partial charge in [-0.05, 0) is 54.8 Å². The van der Waals surface area contributed by atoms with Gasteiger partial charge in [-0.15, -0.1) is 0 Å². The number of amides is 1. The minimum absolute atomic E-state index is 0.0703. The Morgan fingerprint density at radius 2 is 1.81 bits per heavy atom. The molecule has 0 aliphatic carbocycles. The quantitative estimate of drug-likeness (QED) is 0.255. The van der Waals surface area contributed by atoms with Gasteiger partial charge in [0.1, 0.15) is 12.4 Å². The van der Waals surface area contributed by atoms with Gasteiger partial charge in [0, 0.05) is 30.4 Å². The van der Waals surface area contributed by atoms with E-state index in [9.17, 15) is 18.4 Å². The highest BCUT2D eigenvalue weighted by molar-refractivity contribution is 7.73. The molecule has 4 rings (SSSR count). The lowest BCUT2D eigenvalue weighted by Gasteiger charge is -2.35. The molecular formula is C23H22N2O6S. The number of hydrogen-bond donors (Lipinski definition) is 2. The zero-order valence-corrected chi connectivity index (χ0v) is 18.0. The van der Waals surface area contributed by atoms with E-state index in [-0.39, 0.29) is 30.9 Å². The van der Waals surface area contributed by atoms with E-state index in [0.717, 1.165) is 16.5 Å². The van der Waals surface area contributed by atoms with E-state index in [1.807, 2.05) is 30.3 Å². The number of benzene rings is 2. The van der Waals surface area contributed by atoms with Crippen LogP contribution in [-0.4, -0.2) is 42.6 Å². The summed E-state index contributed by atoms with van der Waals surface area (Å²) in [7, 11) is -2.68. The molecule has 0 saturated carbocycles. The molecule has 166 valence electrons. The standard InChI is InChI=1S/C23H22N2O6S/c26-22(25-27)23(10-13-30-14-11-23)21(32(28)29)16-5-7-18(8-6-16)31-15-17-9-12-24-20-4-2-1-3-19(17)20/h1-9,12,27H,10-11,13-15H2,(H,25,26). The molecule has 9 heteroatoms. The molecular weight excluding hydrogens is 432 g/mol. The first-order valence-corrected chi connectivity index (χ1v) is 11.2. The summed E-state index contributed by atoms with van der Waals surface area (Å²) in [5, 5.41) is 10.2. The highest BCUT2D eigenvalue weighted by atomic mass is 32.2. The Morgan fingerprint density at radius 3 is 2.50 bits per heavy atom. The van der Waals surface area contributed by atoms with Crippen molar-refractivity contribution in [2.24, 2.45) is 5.41 Å². The minimum atomic E-state index is -2.68. The van der Waals surface area contributed by atoms with Crippen LogP contribution >= 0.6 is 0 Å². The fourth-order valence-corrected chi connectivity index (χ4v) is 5.01. The predicted molar refractivity (Wildman–Crippen MR) is 118 cm³/mol. The van der Waals surface area contributed by atoms with Gasteiger partial charge in [0.05, 0.1) is 15.8 Å². The van der Waals surface area contributed by atoms with Gasteiger partial charge in [0.25, 0.3) is 5.91 Å². The van der Waals surface area contributed by atoms with Crippen LogP contribution in [-0.2, 0) is 26.4 Å². The number of hydrogen-bond acceptors (Lipinski definition) is 7. The number of carbonyl (C=O) groups is 1. The van der Waals surface area contributed by atoms with Crippen LogP contribution in [0.1, 0.15) is 24.0 Å². The van der Waals surface area contributed by atoms with Crippen LogP contribution in [0.15, 0.2) is 60.8 Å². The molecule has 0 bridgehead atoms. The second-order valence-electron chi connectivity index (χ2n) is 7.50. The molecule has 2 N–H and O–H groups in total. The molecule has 1 aliphatic rings. The van der Waals surface area contributed by atoms with Crippen LogP contribution < -0.4 is 10.2 Å². The summed E-state index contributed by atoms with van der Waals surface area (Å²) in [4.78, 5) is 16.8. The number of pyridine rings is 1. The average Bonchev–Trinajstić information content (AvgIpc) is 2.83. The maximum Gasteiger partial charge on any atom is 0.255 e. The molecule has 1 fully saturated rings. The van der Waals surface area contributed by atoms with E-state index in [4.69, 9.17) is 9.47 Å².